The van der Waals surface area contributed by atoms with E-state index in [9.17, 15) is 18.3 Å². The van der Waals surface area contributed by atoms with Crippen LogP contribution in [0.25, 0.3) is 0 Å². The number of hydrogen-bond acceptors (Lipinski definition) is 6. The van der Waals surface area contributed by atoms with E-state index in [0.29, 0.717) is 29.0 Å². The fourth-order valence-electron chi connectivity index (χ4n) is 3.57. The summed E-state index contributed by atoms with van der Waals surface area (Å²) in [5.41, 5.74) is 3.49. The molecule has 0 spiro atoms. The highest BCUT2D eigenvalue weighted by Crippen LogP contribution is 2.32. The van der Waals surface area contributed by atoms with Crippen molar-refractivity contribution in [2.45, 2.75) is 84.0 Å². The summed E-state index contributed by atoms with van der Waals surface area (Å²) in [6, 6.07) is 3.55. The molecule has 2 N–H and O–H groups in total. The van der Waals surface area contributed by atoms with Crippen LogP contribution in [0.3, 0.4) is 0 Å². The number of benzene rings is 1. The Bertz CT molecular complexity index is 1110. The number of sulfonamides is 1. The van der Waals surface area contributed by atoms with Gasteiger partial charge in [0.25, 0.3) is 10.0 Å². The number of phenolic OH excluding ortho intramolecular Hbond substituents is 1. The summed E-state index contributed by atoms with van der Waals surface area (Å²) in [5, 5.41) is 13.3. The number of nitrogens with one attached hydrogen (secondary N) is 1. The predicted molar refractivity (Wildman–Crippen MR) is 139 cm³/mol. The predicted octanol–water partition coefficient (Wildman–Crippen LogP) is 5.86. The molecule has 1 heterocycles. The standard InChI is InChI=1S/C26H36N2O4S2/c1-5-6-7-11-22-15-14-21(13-12-20(4)10-8-9-19(2)3)25(30)26(22)34(31,32)28-23(29)18-24-27-16-17-33-24/h9,12,14-17,30H,5-8,10-11,13,18H2,1-4H3,(H,28,29)/b20-12+. The molecule has 0 unspecified atom stereocenters. The first-order chi connectivity index (χ1) is 16.1. The first kappa shape index (κ1) is 27.8. The largest absolute Gasteiger partial charge is 0.506 e. The molecule has 0 saturated carbocycles. The number of carbonyl (C=O) groups excluding carboxylic acids is 1. The minimum atomic E-state index is -4.25. The van der Waals surface area contributed by atoms with E-state index >= 15 is 0 Å². The fraction of sp³-hybridized carbons (Fsp3) is 0.462. The third kappa shape index (κ3) is 8.72. The van der Waals surface area contributed by atoms with Crippen molar-refractivity contribution >= 4 is 27.3 Å². The van der Waals surface area contributed by atoms with Crippen molar-refractivity contribution in [3.05, 3.63) is 63.1 Å². The highest BCUT2D eigenvalue weighted by atomic mass is 32.2. The lowest BCUT2D eigenvalue weighted by Gasteiger charge is -2.16. The van der Waals surface area contributed by atoms with Gasteiger partial charge in [-0.05, 0) is 64.0 Å². The van der Waals surface area contributed by atoms with Crippen molar-refractivity contribution in [3.63, 3.8) is 0 Å². The normalized spacial score (nSPS) is 11.9. The number of aromatic nitrogens is 1. The summed E-state index contributed by atoms with van der Waals surface area (Å²) in [5.74, 6) is -0.953. The molecule has 0 aliphatic carbocycles. The molecule has 2 aromatic rings. The number of carbonyl (C=O) groups is 1. The van der Waals surface area contributed by atoms with Crippen LogP contribution in [0.2, 0.25) is 0 Å². The number of hydrogen-bond donors (Lipinski definition) is 2. The van der Waals surface area contributed by atoms with Gasteiger partial charge in [-0.25, -0.2) is 18.1 Å². The topological polar surface area (TPSA) is 96.4 Å². The van der Waals surface area contributed by atoms with Crippen LogP contribution in [0.4, 0.5) is 0 Å². The smallest absolute Gasteiger partial charge is 0.268 e. The number of unbranched alkanes of at least 4 members (excludes halogenated alkanes) is 2. The number of aromatic hydroxyl groups is 1. The lowest BCUT2D eigenvalue weighted by atomic mass is 10.0. The maximum atomic E-state index is 13.2. The molecule has 0 radical (unpaired) electrons. The molecule has 1 aromatic heterocycles. The highest BCUT2D eigenvalue weighted by molar-refractivity contribution is 7.90. The number of aryl methyl sites for hydroxylation is 1. The average molecular weight is 505 g/mol. The zero-order valence-electron chi connectivity index (χ0n) is 20.6. The van der Waals surface area contributed by atoms with E-state index in [-0.39, 0.29) is 17.1 Å². The average Bonchev–Trinajstić information content (AvgIpc) is 3.25. The maximum absolute atomic E-state index is 13.2. The Morgan fingerprint density at radius 3 is 2.53 bits per heavy atom. The third-order valence-electron chi connectivity index (χ3n) is 5.42. The van der Waals surface area contributed by atoms with E-state index in [4.69, 9.17) is 0 Å². The Balaban J connectivity index is 2.30. The highest BCUT2D eigenvalue weighted by Gasteiger charge is 2.27. The monoisotopic (exact) mass is 504 g/mol. The summed E-state index contributed by atoms with van der Waals surface area (Å²) < 4.78 is 28.6. The molecule has 2 rings (SSSR count). The molecule has 1 amide bonds. The lowest BCUT2D eigenvalue weighted by Crippen LogP contribution is -2.32. The zero-order valence-corrected chi connectivity index (χ0v) is 22.2. The zero-order chi connectivity index (χ0) is 25.1. The van der Waals surface area contributed by atoms with Crippen LogP contribution >= 0.6 is 11.3 Å². The van der Waals surface area contributed by atoms with Gasteiger partial charge in [-0.2, -0.15) is 0 Å². The van der Waals surface area contributed by atoms with Crippen molar-refractivity contribution in [1.29, 1.82) is 0 Å². The fourth-order valence-corrected chi connectivity index (χ4v) is 5.56. The molecule has 0 aliphatic heterocycles. The summed E-state index contributed by atoms with van der Waals surface area (Å²) in [7, 11) is -4.25. The summed E-state index contributed by atoms with van der Waals surface area (Å²) in [6.07, 6.45) is 11.1. The van der Waals surface area contributed by atoms with Gasteiger partial charge in [0, 0.05) is 11.6 Å². The molecule has 8 heteroatoms. The Morgan fingerprint density at radius 1 is 1.15 bits per heavy atom. The van der Waals surface area contributed by atoms with Gasteiger partial charge in [0.1, 0.15) is 15.7 Å². The Hall–Kier alpha value is -2.45. The van der Waals surface area contributed by atoms with Crippen LogP contribution in [-0.2, 0) is 34.1 Å². The van der Waals surface area contributed by atoms with Gasteiger partial charge >= 0.3 is 0 Å². The van der Waals surface area contributed by atoms with Crippen molar-refractivity contribution in [2.75, 3.05) is 0 Å². The van der Waals surface area contributed by atoms with E-state index < -0.39 is 15.9 Å². The van der Waals surface area contributed by atoms with Crippen molar-refractivity contribution in [1.82, 2.24) is 9.71 Å². The molecular formula is C26H36N2O4S2. The van der Waals surface area contributed by atoms with Gasteiger partial charge in [-0.3, -0.25) is 4.79 Å². The maximum Gasteiger partial charge on any atom is 0.268 e. The summed E-state index contributed by atoms with van der Waals surface area (Å²) in [6.45, 7) is 8.24. The molecule has 1 aromatic carbocycles. The molecule has 186 valence electrons. The van der Waals surface area contributed by atoms with Crippen LogP contribution in [0.15, 0.2) is 51.9 Å². The number of thiazole rings is 1. The van der Waals surface area contributed by atoms with Crippen LogP contribution in [-0.4, -0.2) is 24.4 Å². The van der Waals surface area contributed by atoms with Crippen molar-refractivity contribution in [3.8, 4) is 5.75 Å². The Morgan fingerprint density at radius 2 is 1.88 bits per heavy atom. The van der Waals surface area contributed by atoms with Crippen LogP contribution in [0.1, 0.15) is 75.9 Å². The van der Waals surface area contributed by atoms with E-state index in [1.807, 2.05) is 13.0 Å². The molecule has 0 fully saturated rings. The van der Waals surface area contributed by atoms with E-state index in [1.165, 1.54) is 22.5 Å². The van der Waals surface area contributed by atoms with Gasteiger partial charge in [0.15, 0.2) is 0 Å². The van der Waals surface area contributed by atoms with Crippen LogP contribution in [0, 0.1) is 0 Å². The minimum absolute atomic E-state index is 0.129. The second-order valence-electron chi connectivity index (χ2n) is 8.72. The van der Waals surface area contributed by atoms with E-state index in [2.05, 4.69) is 36.6 Å². The molecule has 6 nitrogen and oxygen atoms in total. The van der Waals surface area contributed by atoms with Crippen molar-refractivity contribution in [2.24, 2.45) is 0 Å². The van der Waals surface area contributed by atoms with E-state index in [0.717, 1.165) is 32.1 Å². The number of amides is 1. The molecule has 34 heavy (non-hydrogen) atoms. The molecule has 0 atom stereocenters. The quantitative estimate of drug-likeness (QED) is 0.263. The second kappa shape index (κ2) is 13.4. The molecule has 0 bridgehead atoms. The first-order valence-electron chi connectivity index (χ1n) is 11.7. The number of phenols is 1. The third-order valence-corrected chi connectivity index (χ3v) is 7.69. The van der Waals surface area contributed by atoms with Gasteiger partial charge in [0.05, 0.1) is 6.42 Å². The van der Waals surface area contributed by atoms with Gasteiger partial charge < -0.3 is 5.11 Å². The van der Waals surface area contributed by atoms with Gasteiger partial charge in [-0.1, -0.05) is 55.2 Å². The minimum Gasteiger partial charge on any atom is -0.506 e. The van der Waals surface area contributed by atoms with Gasteiger partial charge in [0.2, 0.25) is 5.91 Å². The summed E-state index contributed by atoms with van der Waals surface area (Å²) in [4.78, 5) is 16.3. The molecular weight excluding hydrogens is 468 g/mol. The first-order valence-corrected chi connectivity index (χ1v) is 14.1. The van der Waals surface area contributed by atoms with Crippen LogP contribution in [0.5, 0.6) is 5.75 Å². The van der Waals surface area contributed by atoms with Crippen LogP contribution < -0.4 is 4.72 Å². The summed E-state index contributed by atoms with van der Waals surface area (Å²) >= 11 is 1.29. The molecule has 0 saturated heterocycles. The van der Waals surface area contributed by atoms with E-state index in [1.54, 1.807) is 23.7 Å². The van der Waals surface area contributed by atoms with Gasteiger partial charge in [-0.15, -0.1) is 11.3 Å². The number of nitrogens with zero attached hydrogens (tertiary/aromatic N) is 1. The number of allylic oxidation sites excluding steroid dienone is 4. The Labute approximate surface area is 207 Å². The second-order valence-corrected chi connectivity index (χ2v) is 11.3. The Kier molecular flexibility index (Phi) is 11.0. The molecule has 0 aliphatic rings. The number of rotatable bonds is 13. The lowest BCUT2D eigenvalue weighted by molar-refractivity contribution is -0.118. The SMILES string of the molecule is CCCCCc1ccc(C/C=C(\C)CCC=C(C)C)c(O)c1S(=O)(=O)NC(=O)Cc1nccs1. The van der Waals surface area contributed by atoms with Crippen molar-refractivity contribution < 1.29 is 18.3 Å².